The first kappa shape index (κ1) is 12.5. The van der Waals surface area contributed by atoms with Crippen molar-refractivity contribution < 1.29 is 9.53 Å². The van der Waals surface area contributed by atoms with Crippen molar-refractivity contribution in [1.29, 1.82) is 0 Å². The van der Waals surface area contributed by atoms with Crippen LogP contribution in [0, 0.1) is 18.3 Å². The molecule has 0 spiro atoms. The lowest BCUT2D eigenvalue weighted by atomic mass is 10.2. The van der Waals surface area contributed by atoms with E-state index in [1.54, 1.807) is 6.07 Å². The summed E-state index contributed by atoms with van der Waals surface area (Å²) in [4.78, 5) is 13.9. The Hall–Kier alpha value is -1.95. The fourth-order valence-corrected chi connectivity index (χ4v) is 1.76. The number of nitrogens with zero attached hydrogens (tertiary/aromatic N) is 1. The molecule has 0 saturated heterocycles. The molecule has 1 fully saturated rings. The number of hydrogen-bond donors (Lipinski definition) is 0. The first-order valence-corrected chi connectivity index (χ1v) is 6.06. The van der Waals surface area contributed by atoms with Gasteiger partial charge in [-0.3, -0.25) is 0 Å². The number of carbonyl (C=O) groups excluding carboxylic acids is 1. The zero-order chi connectivity index (χ0) is 13.1. The summed E-state index contributed by atoms with van der Waals surface area (Å²) >= 11 is 0. The van der Waals surface area contributed by atoms with Crippen LogP contribution in [0.5, 0.6) is 0 Å². The van der Waals surface area contributed by atoms with Crippen LogP contribution < -0.4 is 4.90 Å². The predicted molar refractivity (Wildman–Crippen MR) is 71.5 cm³/mol. The van der Waals surface area contributed by atoms with Gasteiger partial charge in [-0.1, -0.05) is 12.0 Å². The van der Waals surface area contributed by atoms with Gasteiger partial charge in [-0.25, -0.2) is 4.79 Å². The van der Waals surface area contributed by atoms with Gasteiger partial charge in [-0.15, -0.1) is 6.42 Å². The highest BCUT2D eigenvalue weighted by atomic mass is 16.5. The maximum atomic E-state index is 12.0. The summed E-state index contributed by atoms with van der Waals surface area (Å²) in [6.45, 7) is 0. The second-order valence-corrected chi connectivity index (χ2v) is 4.77. The lowest BCUT2D eigenvalue weighted by molar-refractivity contribution is 0.0374. The summed E-state index contributed by atoms with van der Waals surface area (Å²) in [6, 6.07) is 7.34. The number of esters is 1. The van der Waals surface area contributed by atoms with E-state index < -0.39 is 0 Å². The summed E-state index contributed by atoms with van der Waals surface area (Å²) in [5, 5.41) is 0. The first-order chi connectivity index (χ1) is 8.61. The van der Waals surface area contributed by atoms with Gasteiger partial charge in [0.1, 0.15) is 0 Å². The van der Waals surface area contributed by atoms with Crippen LogP contribution in [0.15, 0.2) is 24.3 Å². The zero-order valence-corrected chi connectivity index (χ0v) is 10.7. The first-order valence-electron chi connectivity index (χ1n) is 6.06. The Morgan fingerprint density at radius 2 is 2.22 bits per heavy atom. The van der Waals surface area contributed by atoms with Gasteiger partial charge < -0.3 is 9.64 Å². The number of carbonyl (C=O) groups is 1. The quantitative estimate of drug-likeness (QED) is 0.600. The van der Waals surface area contributed by atoms with Crippen LogP contribution in [0.3, 0.4) is 0 Å². The van der Waals surface area contributed by atoms with E-state index in [4.69, 9.17) is 11.2 Å². The second-order valence-electron chi connectivity index (χ2n) is 4.77. The van der Waals surface area contributed by atoms with Gasteiger partial charge in [-0.05, 0) is 31.0 Å². The van der Waals surface area contributed by atoms with E-state index in [0.717, 1.165) is 18.5 Å². The SMILES string of the molecule is C#C[C@H](OC(=O)c1cccc(N(C)C)c1)C1CC1. The number of terminal acetylenes is 1. The van der Waals surface area contributed by atoms with E-state index >= 15 is 0 Å². The van der Waals surface area contributed by atoms with E-state index in [-0.39, 0.29) is 12.1 Å². The Labute approximate surface area is 108 Å². The number of rotatable bonds is 4. The highest BCUT2D eigenvalue weighted by Crippen LogP contribution is 2.34. The van der Waals surface area contributed by atoms with Crippen LogP contribution >= 0.6 is 0 Å². The molecule has 18 heavy (non-hydrogen) atoms. The number of benzene rings is 1. The van der Waals surface area contributed by atoms with Gasteiger partial charge in [0, 0.05) is 25.7 Å². The molecule has 3 nitrogen and oxygen atoms in total. The van der Waals surface area contributed by atoms with Crippen molar-refractivity contribution in [2.45, 2.75) is 18.9 Å². The molecule has 0 aliphatic heterocycles. The molecule has 0 heterocycles. The van der Waals surface area contributed by atoms with Gasteiger partial charge >= 0.3 is 5.97 Å². The molecule has 0 unspecified atom stereocenters. The maximum Gasteiger partial charge on any atom is 0.339 e. The van der Waals surface area contributed by atoms with E-state index in [1.165, 1.54) is 0 Å². The molecule has 1 aliphatic rings. The van der Waals surface area contributed by atoms with Crippen molar-refractivity contribution in [2.24, 2.45) is 5.92 Å². The van der Waals surface area contributed by atoms with E-state index in [1.807, 2.05) is 37.2 Å². The van der Waals surface area contributed by atoms with Crippen molar-refractivity contribution in [3.63, 3.8) is 0 Å². The lowest BCUT2D eigenvalue weighted by Crippen LogP contribution is -2.19. The zero-order valence-electron chi connectivity index (χ0n) is 10.7. The fraction of sp³-hybridized carbons (Fsp3) is 0.400. The fourth-order valence-electron chi connectivity index (χ4n) is 1.76. The highest BCUT2D eigenvalue weighted by molar-refractivity contribution is 5.90. The minimum Gasteiger partial charge on any atom is -0.445 e. The van der Waals surface area contributed by atoms with Gasteiger partial charge in [0.25, 0.3) is 0 Å². The van der Waals surface area contributed by atoms with Crippen LogP contribution in [0.4, 0.5) is 5.69 Å². The monoisotopic (exact) mass is 243 g/mol. The standard InChI is InChI=1S/C15H17NO2/c1-4-14(11-8-9-11)18-15(17)12-6-5-7-13(10-12)16(2)3/h1,5-7,10-11,14H,8-9H2,2-3H3/t14-/m0/s1. The Kier molecular flexibility index (Phi) is 3.57. The average Bonchev–Trinajstić information content (AvgIpc) is 3.20. The topological polar surface area (TPSA) is 29.5 Å². The molecule has 0 N–H and O–H groups in total. The average molecular weight is 243 g/mol. The molecule has 1 aliphatic carbocycles. The van der Waals surface area contributed by atoms with Crippen LogP contribution in [-0.2, 0) is 4.74 Å². The molecule has 0 aromatic heterocycles. The van der Waals surface area contributed by atoms with Gasteiger partial charge in [0.15, 0.2) is 6.10 Å². The summed E-state index contributed by atoms with van der Waals surface area (Å²) < 4.78 is 5.35. The third-order valence-electron chi connectivity index (χ3n) is 3.05. The Morgan fingerprint density at radius 1 is 1.50 bits per heavy atom. The number of anilines is 1. The molecule has 0 amide bonds. The van der Waals surface area contributed by atoms with Crippen LogP contribution in [0.2, 0.25) is 0 Å². The van der Waals surface area contributed by atoms with Crippen LogP contribution in [-0.4, -0.2) is 26.2 Å². The lowest BCUT2D eigenvalue weighted by Gasteiger charge is -2.15. The largest absolute Gasteiger partial charge is 0.445 e. The van der Waals surface area contributed by atoms with Crippen LogP contribution in [0.25, 0.3) is 0 Å². The summed E-state index contributed by atoms with van der Waals surface area (Å²) in [5.74, 6) is 2.57. The smallest absolute Gasteiger partial charge is 0.339 e. The van der Waals surface area contributed by atoms with Crippen molar-refractivity contribution in [2.75, 3.05) is 19.0 Å². The molecule has 1 saturated carbocycles. The summed E-state index contributed by atoms with van der Waals surface area (Å²) in [7, 11) is 3.86. The molecule has 0 radical (unpaired) electrons. The molecular formula is C15H17NO2. The Balaban J connectivity index is 2.08. The molecular weight excluding hydrogens is 226 g/mol. The molecule has 94 valence electrons. The highest BCUT2D eigenvalue weighted by Gasteiger charge is 2.33. The molecule has 2 rings (SSSR count). The second kappa shape index (κ2) is 5.14. The minimum atomic E-state index is -0.375. The third-order valence-corrected chi connectivity index (χ3v) is 3.05. The van der Waals surface area contributed by atoms with Crippen molar-refractivity contribution in [3.8, 4) is 12.3 Å². The van der Waals surface area contributed by atoms with E-state index in [9.17, 15) is 4.79 Å². The Bertz CT molecular complexity index is 484. The van der Waals surface area contributed by atoms with Crippen LogP contribution in [0.1, 0.15) is 23.2 Å². The van der Waals surface area contributed by atoms with Crippen molar-refractivity contribution >= 4 is 11.7 Å². The van der Waals surface area contributed by atoms with Crippen molar-refractivity contribution in [3.05, 3.63) is 29.8 Å². The molecule has 1 aromatic rings. The number of ether oxygens (including phenoxy) is 1. The molecule has 0 bridgehead atoms. The number of hydrogen-bond acceptors (Lipinski definition) is 3. The summed E-state index contributed by atoms with van der Waals surface area (Å²) in [6.07, 6.45) is 7.12. The summed E-state index contributed by atoms with van der Waals surface area (Å²) in [5.41, 5.74) is 1.51. The minimum absolute atomic E-state index is 0.339. The Morgan fingerprint density at radius 3 is 2.78 bits per heavy atom. The molecule has 3 heteroatoms. The predicted octanol–water partition coefficient (Wildman–Crippen LogP) is 2.32. The molecule has 1 atom stereocenters. The van der Waals surface area contributed by atoms with Gasteiger partial charge in [0.2, 0.25) is 0 Å². The van der Waals surface area contributed by atoms with E-state index in [0.29, 0.717) is 11.5 Å². The van der Waals surface area contributed by atoms with Gasteiger partial charge in [-0.2, -0.15) is 0 Å². The normalized spacial score (nSPS) is 15.6. The van der Waals surface area contributed by atoms with E-state index in [2.05, 4.69) is 5.92 Å². The van der Waals surface area contributed by atoms with Gasteiger partial charge in [0.05, 0.1) is 5.56 Å². The molecule has 1 aromatic carbocycles. The third kappa shape index (κ3) is 2.84. The van der Waals surface area contributed by atoms with Crippen molar-refractivity contribution in [1.82, 2.24) is 0 Å². The maximum absolute atomic E-state index is 12.0.